The Morgan fingerprint density at radius 2 is 1.95 bits per heavy atom. The van der Waals surface area contributed by atoms with Crippen LogP contribution < -0.4 is 11.3 Å². The summed E-state index contributed by atoms with van der Waals surface area (Å²) in [7, 11) is 0. The summed E-state index contributed by atoms with van der Waals surface area (Å²) >= 11 is 8.40. The first-order chi connectivity index (χ1) is 9.15. The third-order valence-corrected chi connectivity index (χ3v) is 4.71. The molecule has 19 heavy (non-hydrogen) atoms. The maximum atomic E-state index is 6.18. The molecule has 0 radical (unpaired) electrons. The fourth-order valence-corrected chi connectivity index (χ4v) is 2.59. The number of hydrogen-bond acceptors (Lipinski definition) is 2. The van der Waals surface area contributed by atoms with E-state index in [0.29, 0.717) is 0 Å². The first-order valence-corrected chi connectivity index (χ1v) is 7.61. The number of nitrogens with two attached hydrogens (primary N) is 1. The van der Waals surface area contributed by atoms with E-state index in [0.717, 1.165) is 26.1 Å². The average Bonchev–Trinajstić information content (AvgIpc) is 2.44. The SMILES string of the molecule is CCc1cccc(C(NN)c2ccc(I)c(Cl)c2)c1. The van der Waals surface area contributed by atoms with Crippen LogP contribution in [0.5, 0.6) is 0 Å². The predicted molar refractivity (Wildman–Crippen MR) is 89.2 cm³/mol. The largest absolute Gasteiger partial charge is 0.271 e. The normalized spacial score (nSPS) is 12.4. The quantitative estimate of drug-likeness (QED) is 0.472. The lowest BCUT2D eigenvalue weighted by molar-refractivity contribution is 0.636. The van der Waals surface area contributed by atoms with Gasteiger partial charge in [-0.05, 0) is 57.8 Å². The number of benzene rings is 2. The van der Waals surface area contributed by atoms with Crippen molar-refractivity contribution >= 4 is 34.2 Å². The number of hydrazine groups is 1. The summed E-state index contributed by atoms with van der Waals surface area (Å²) in [5.41, 5.74) is 6.39. The molecule has 3 N–H and O–H groups in total. The standard InChI is InChI=1S/C15H16ClIN2/c1-2-10-4-3-5-11(8-10)15(19-18)12-6-7-14(17)13(16)9-12/h3-9,15,19H,2,18H2,1H3. The fourth-order valence-electron chi connectivity index (χ4n) is 2.07. The second-order valence-corrected chi connectivity index (χ2v) is 5.94. The zero-order chi connectivity index (χ0) is 13.8. The Morgan fingerprint density at radius 3 is 2.58 bits per heavy atom. The molecule has 0 saturated carbocycles. The summed E-state index contributed by atoms with van der Waals surface area (Å²) in [6, 6.07) is 14.4. The van der Waals surface area contributed by atoms with Crippen LogP contribution in [-0.2, 0) is 6.42 Å². The Kier molecular flexibility index (Phi) is 5.21. The number of aryl methyl sites for hydroxylation is 1. The van der Waals surface area contributed by atoms with Gasteiger partial charge < -0.3 is 0 Å². The van der Waals surface area contributed by atoms with Crippen molar-refractivity contribution in [3.05, 3.63) is 67.7 Å². The molecule has 0 heterocycles. The van der Waals surface area contributed by atoms with Crippen LogP contribution in [0.3, 0.4) is 0 Å². The molecule has 0 bridgehead atoms. The first-order valence-electron chi connectivity index (χ1n) is 6.15. The third-order valence-electron chi connectivity index (χ3n) is 3.14. The van der Waals surface area contributed by atoms with Crippen molar-refractivity contribution in [2.24, 2.45) is 5.84 Å². The molecule has 2 nitrogen and oxygen atoms in total. The Labute approximate surface area is 132 Å². The van der Waals surface area contributed by atoms with Gasteiger partial charge in [-0.3, -0.25) is 5.84 Å². The minimum Gasteiger partial charge on any atom is -0.271 e. The zero-order valence-corrected chi connectivity index (χ0v) is 13.6. The highest BCUT2D eigenvalue weighted by Crippen LogP contribution is 2.27. The maximum absolute atomic E-state index is 6.18. The molecule has 0 aliphatic carbocycles. The van der Waals surface area contributed by atoms with Crippen LogP contribution in [-0.4, -0.2) is 0 Å². The number of hydrogen-bond donors (Lipinski definition) is 2. The lowest BCUT2D eigenvalue weighted by Crippen LogP contribution is -2.28. The molecule has 4 heteroatoms. The van der Waals surface area contributed by atoms with E-state index in [1.165, 1.54) is 5.56 Å². The van der Waals surface area contributed by atoms with Crippen molar-refractivity contribution in [3.63, 3.8) is 0 Å². The summed E-state index contributed by atoms with van der Waals surface area (Å²) in [6.07, 6.45) is 1.01. The van der Waals surface area contributed by atoms with Gasteiger partial charge in [-0.25, -0.2) is 5.43 Å². The van der Waals surface area contributed by atoms with Gasteiger partial charge in [0.05, 0.1) is 11.1 Å². The molecule has 0 saturated heterocycles. The molecule has 0 fully saturated rings. The second-order valence-electron chi connectivity index (χ2n) is 4.37. The van der Waals surface area contributed by atoms with Gasteiger partial charge in [0.2, 0.25) is 0 Å². The molecule has 0 aliphatic heterocycles. The van der Waals surface area contributed by atoms with Gasteiger partial charge in [0.25, 0.3) is 0 Å². The maximum Gasteiger partial charge on any atom is 0.0710 e. The van der Waals surface area contributed by atoms with Crippen molar-refractivity contribution in [2.45, 2.75) is 19.4 Å². The molecule has 100 valence electrons. The van der Waals surface area contributed by atoms with Gasteiger partial charge in [-0.15, -0.1) is 0 Å². The van der Waals surface area contributed by atoms with Crippen molar-refractivity contribution in [1.29, 1.82) is 0 Å². The number of rotatable bonds is 4. The van der Waals surface area contributed by atoms with E-state index >= 15 is 0 Å². The van der Waals surface area contributed by atoms with E-state index in [1.807, 2.05) is 12.1 Å². The van der Waals surface area contributed by atoms with E-state index < -0.39 is 0 Å². The van der Waals surface area contributed by atoms with Crippen LogP contribution in [0.1, 0.15) is 29.7 Å². The molecule has 2 rings (SSSR count). The molecule has 0 amide bonds. The van der Waals surface area contributed by atoms with Gasteiger partial charge in [0.15, 0.2) is 0 Å². The Hall–Kier alpha value is -0.620. The molecule has 1 atom stereocenters. The van der Waals surface area contributed by atoms with Crippen LogP contribution >= 0.6 is 34.2 Å². The molecule has 0 spiro atoms. The van der Waals surface area contributed by atoms with Gasteiger partial charge >= 0.3 is 0 Å². The average molecular weight is 387 g/mol. The van der Waals surface area contributed by atoms with Crippen LogP contribution in [0.2, 0.25) is 5.02 Å². The summed E-state index contributed by atoms with van der Waals surface area (Å²) in [5, 5.41) is 0.755. The molecule has 0 aromatic heterocycles. The lowest BCUT2D eigenvalue weighted by atomic mass is 9.97. The second kappa shape index (κ2) is 6.70. The van der Waals surface area contributed by atoms with E-state index in [-0.39, 0.29) is 6.04 Å². The van der Waals surface area contributed by atoms with Gasteiger partial charge in [0.1, 0.15) is 0 Å². The highest BCUT2D eigenvalue weighted by atomic mass is 127. The molecule has 0 aliphatic rings. The van der Waals surface area contributed by atoms with Gasteiger partial charge in [0, 0.05) is 3.57 Å². The molecular weight excluding hydrogens is 371 g/mol. The number of halogens is 2. The summed E-state index contributed by atoms with van der Waals surface area (Å²) in [6.45, 7) is 2.14. The molecule has 2 aromatic rings. The minimum atomic E-state index is -0.0407. The lowest BCUT2D eigenvalue weighted by Gasteiger charge is -2.18. The van der Waals surface area contributed by atoms with Crippen molar-refractivity contribution in [1.82, 2.24) is 5.43 Å². The molecular formula is C15H16ClIN2. The minimum absolute atomic E-state index is 0.0407. The Morgan fingerprint density at radius 1 is 1.21 bits per heavy atom. The van der Waals surface area contributed by atoms with E-state index in [9.17, 15) is 0 Å². The highest BCUT2D eigenvalue weighted by Gasteiger charge is 2.13. The van der Waals surface area contributed by atoms with Gasteiger partial charge in [-0.2, -0.15) is 0 Å². The summed E-state index contributed by atoms with van der Waals surface area (Å²) < 4.78 is 1.04. The van der Waals surface area contributed by atoms with Crippen molar-refractivity contribution < 1.29 is 0 Å². The topological polar surface area (TPSA) is 38.0 Å². The van der Waals surface area contributed by atoms with E-state index in [2.05, 4.69) is 65.3 Å². The van der Waals surface area contributed by atoms with Crippen molar-refractivity contribution in [3.8, 4) is 0 Å². The predicted octanol–water partition coefficient (Wildman–Crippen LogP) is 4.06. The monoisotopic (exact) mass is 386 g/mol. The molecule has 1 unspecified atom stereocenters. The number of nitrogens with one attached hydrogen (secondary N) is 1. The van der Waals surface area contributed by atoms with Crippen molar-refractivity contribution in [2.75, 3.05) is 0 Å². The van der Waals surface area contributed by atoms with E-state index in [4.69, 9.17) is 17.4 Å². The van der Waals surface area contributed by atoms with Gasteiger partial charge in [-0.1, -0.05) is 48.9 Å². The fraction of sp³-hybridized carbons (Fsp3) is 0.200. The van der Waals surface area contributed by atoms with Crippen LogP contribution in [0.15, 0.2) is 42.5 Å². The summed E-state index contributed by atoms with van der Waals surface area (Å²) in [5.74, 6) is 5.72. The zero-order valence-electron chi connectivity index (χ0n) is 10.7. The van der Waals surface area contributed by atoms with Crippen LogP contribution in [0.4, 0.5) is 0 Å². The van der Waals surface area contributed by atoms with E-state index in [1.54, 1.807) is 0 Å². The summed E-state index contributed by atoms with van der Waals surface area (Å²) in [4.78, 5) is 0. The Balaban J connectivity index is 2.40. The molecule has 2 aromatic carbocycles. The Bertz CT molecular complexity index is 572. The third kappa shape index (κ3) is 3.48. The smallest absolute Gasteiger partial charge is 0.0710 e. The highest BCUT2D eigenvalue weighted by molar-refractivity contribution is 14.1. The van der Waals surface area contributed by atoms with Crippen LogP contribution in [0.25, 0.3) is 0 Å². The first kappa shape index (κ1) is 14.8. The van der Waals surface area contributed by atoms with Crippen LogP contribution in [0, 0.1) is 3.57 Å².